The van der Waals surface area contributed by atoms with Crippen molar-refractivity contribution >= 4 is 23.2 Å². The van der Waals surface area contributed by atoms with Crippen molar-refractivity contribution in [1.29, 1.82) is 0 Å². The maximum Gasteiger partial charge on any atom is 0.229 e. The molecule has 1 N–H and O–H groups in total. The van der Waals surface area contributed by atoms with Crippen LogP contribution >= 0.6 is 11.6 Å². The van der Waals surface area contributed by atoms with E-state index in [0.717, 1.165) is 22.5 Å². The Morgan fingerprint density at radius 1 is 1.07 bits per heavy atom. The van der Waals surface area contributed by atoms with E-state index in [9.17, 15) is 4.39 Å². The fourth-order valence-electron chi connectivity index (χ4n) is 2.78. The summed E-state index contributed by atoms with van der Waals surface area (Å²) < 4.78 is 15.1. The zero-order valence-corrected chi connectivity index (χ0v) is 15.8. The monoisotopic (exact) mass is 395 g/mol. The Morgan fingerprint density at radius 3 is 2.54 bits per heavy atom. The van der Waals surface area contributed by atoms with Gasteiger partial charge in [0.25, 0.3) is 0 Å². The lowest BCUT2D eigenvalue weighted by Gasteiger charge is -2.12. The zero-order chi connectivity index (χ0) is 19.7. The van der Waals surface area contributed by atoms with Gasteiger partial charge in [-0.3, -0.25) is 0 Å². The number of hydrogen-bond acceptors (Lipinski definition) is 6. The van der Waals surface area contributed by atoms with Crippen molar-refractivity contribution in [3.63, 3.8) is 0 Å². The molecule has 0 saturated heterocycles. The number of rotatable bonds is 4. The highest BCUT2D eigenvalue weighted by Crippen LogP contribution is 2.27. The van der Waals surface area contributed by atoms with Gasteiger partial charge < -0.3 is 5.32 Å². The van der Waals surface area contributed by atoms with E-state index < -0.39 is 5.82 Å². The lowest BCUT2D eigenvalue weighted by Crippen LogP contribution is -2.08. The van der Waals surface area contributed by atoms with Crippen molar-refractivity contribution in [3.05, 3.63) is 71.4 Å². The molecule has 140 valence electrons. The lowest BCUT2D eigenvalue weighted by atomic mass is 10.1. The molecule has 0 atom stereocenters. The molecule has 0 unspecified atom stereocenters. The minimum Gasteiger partial charge on any atom is -0.324 e. The van der Waals surface area contributed by atoms with Gasteiger partial charge in [0.2, 0.25) is 5.95 Å². The van der Waals surface area contributed by atoms with Crippen LogP contribution in [0.4, 0.5) is 16.0 Å². The first-order chi connectivity index (χ1) is 13.5. The quantitative estimate of drug-likeness (QED) is 0.555. The SMILES string of the molecule is Cc1cc(C)n(-c2nc(Nc3ccc(F)c(Cl)c3)ncc2-c2cncnc2)n1. The summed E-state index contributed by atoms with van der Waals surface area (Å²) >= 11 is 5.85. The predicted molar refractivity (Wildman–Crippen MR) is 104 cm³/mol. The molecule has 0 amide bonds. The van der Waals surface area contributed by atoms with Crippen LogP contribution in [0.5, 0.6) is 0 Å². The van der Waals surface area contributed by atoms with Crippen LogP contribution in [-0.2, 0) is 0 Å². The Labute approximate surface area is 165 Å². The average molecular weight is 396 g/mol. The average Bonchev–Trinajstić information content (AvgIpc) is 3.03. The smallest absolute Gasteiger partial charge is 0.229 e. The van der Waals surface area contributed by atoms with Crippen LogP contribution in [0.15, 0.2) is 49.2 Å². The number of nitrogens with one attached hydrogen (secondary N) is 1. The third kappa shape index (κ3) is 3.54. The van der Waals surface area contributed by atoms with Gasteiger partial charge in [-0.05, 0) is 38.1 Å². The topological polar surface area (TPSA) is 81.4 Å². The third-order valence-electron chi connectivity index (χ3n) is 4.03. The summed E-state index contributed by atoms with van der Waals surface area (Å²) in [5, 5.41) is 7.58. The molecule has 0 bridgehead atoms. The number of anilines is 2. The highest BCUT2D eigenvalue weighted by molar-refractivity contribution is 6.31. The Morgan fingerprint density at radius 2 is 1.86 bits per heavy atom. The summed E-state index contributed by atoms with van der Waals surface area (Å²) in [6.07, 6.45) is 6.51. The van der Waals surface area contributed by atoms with E-state index >= 15 is 0 Å². The summed E-state index contributed by atoms with van der Waals surface area (Å²) in [4.78, 5) is 17.1. The first-order valence-electron chi connectivity index (χ1n) is 8.39. The van der Waals surface area contributed by atoms with Crippen molar-refractivity contribution < 1.29 is 4.39 Å². The molecule has 0 fully saturated rings. The Kier molecular flexibility index (Phi) is 4.70. The predicted octanol–water partition coefficient (Wildman–Crippen LogP) is 4.27. The number of nitrogens with zero attached hydrogens (tertiary/aromatic N) is 6. The number of aromatic nitrogens is 6. The molecule has 0 saturated carbocycles. The second-order valence-corrected chi connectivity index (χ2v) is 6.56. The minimum absolute atomic E-state index is 0.0156. The third-order valence-corrected chi connectivity index (χ3v) is 4.32. The van der Waals surface area contributed by atoms with Gasteiger partial charge in [-0.2, -0.15) is 10.1 Å². The van der Waals surface area contributed by atoms with E-state index in [0.29, 0.717) is 17.5 Å². The van der Waals surface area contributed by atoms with E-state index in [2.05, 4.69) is 30.4 Å². The van der Waals surface area contributed by atoms with E-state index in [1.807, 2.05) is 19.9 Å². The normalized spacial score (nSPS) is 10.9. The molecule has 9 heteroatoms. The summed E-state index contributed by atoms with van der Waals surface area (Å²) in [7, 11) is 0. The lowest BCUT2D eigenvalue weighted by molar-refractivity contribution is 0.628. The van der Waals surface area contributed by atoms with Gasteiger partial charge in [-0.25, -0.2) is 24.0 Å². The van der Waals surface area contributed by atoms with E-state index in [1.54, 1.807) is 29.3 Å². The maximum atomic E-state index is 13.4. The number of hydrogen-bond donors (Lipinski definition) is 1. The molecule has 4 aromatic rings. The number of benzene rings is 1. The van der Waals surface area contributed by atoms with Crippen molar-refractivity contribution in [2.45, 2.75) is 13.8 Å². The van der Waals surface area contributed by atoms with Gasteiger partial charge in [-0.15, -0.1) is 0 Å². The fourth-order valence-corrected chi connectivity index (χ4v) is 2.96. The van der Waals surface area contributed by atoms with E-state index in [-0.39, 0.29) is 5.02 Å². The molecule has 0 aliphatic heterocycles. The van der Waals surface area contributed by atoms with Gasteiger partial charge >= 0.3 is 0 Å². The van der Waals surface area contributed by atoms with Crippen molar-refractivity contribution in [2.75, 3.05) is 5.32 Å². The van der Waals surface area contributed by atoms with Gasteiger partial charge in [0.1, 0.15) is 12.1 Å². The molecule has 7 nitrogen and oxygen atoms in total. The van der Waals surface area contributed by atoms with Crippen LogP contribution in [0.1, 0.15) is 11.4 Å². The fraction of sp³-hybridized carbons (Fsp3) is 0.105. The van der Waals surface area contributed by atoms with Crippen LogP contribution in [0, 0.1) is 19.7 Å². The van der Waals surface area contributed by atoms with Crippen molar-refractivity contribution in [2.24, 2.45) is 0 Å². The molecule has 4 rings (SSSR count). The largest absolute Gasteiger partial charge is 0.324 e. The van der Waals surface area contributed by atoms with Crippen molar-refractivity contribution in [1.82, 2.24) is 29.7 Å². The van der Waals surface area contributed by atoms with E-state index in [1.165, 1.54) is 18.5 Å². The second-order valence-electron chi connectivity index (χ2n) is 6.15. The summed E-state index contributed by atoms with van der Waals surface area (Å²) in [5.74, 6) is 0.410. The summed E-state index contributed by atoms with van der Waals surface area (Å²) in [6, 6.07) is 6.27. The van der Waals surface area contributed by atoms with Crippen molar-refractivity contribution in [3.8, 4) is 16.9 Å². The molecule has 3 aromatic heterocycles. The molecular formula is C19H15ClFN7. The molecule has 0 aliphatic rings. The van der Waals surface area contributed by atoms with Gasteiger partial charge in [0, 0.05) is 41.1 Å². The molecule has 0 aliphatic carbocycles. The number of halogens is 2. The minimum atomic E-state index is -0.490. The van der Waals surface area contributed by atoms with Crippen LogP contribution in [-0.4, -0.2) is 29.7 Å². The van der Waals surface area contributed by atoms with Crippen LogP contribution in [0.2, 0.25) is 5.02 Å². The summed E-state index contributed by atoms with van der Waals surface area (Å²) in [6.45, 7) is 3.86. The Hall–Kier alpha value is -3.39. The highest BCUT2D eigenvalue weighted by atomic mass is 35.5. The first-order valence-corrected chi connectivity index (χ1v) is 8.77. The molecule has 28 heavy (non-hydrogen) atoms. The Balaban J connectivity index is 1.81. The summed E-state index contributed by atoms with van der Waals surface area (Å²) in [5.41, 5.74) is 3.86. The highest BCUT2D eigenvalue weighted by Gasteiger charge is 2.15. The van der Waals surface area contributed by atoms with Gasteiger partial charge in [0.15, 0.2) is 5.82 Å². The van der Waals surface area contributed by atoms with Crippen LogP contribution in [0.3, 0.4) is 0 Å². The molecule has 3 heterocycles. The maximum absolute atomic E-state index is 13.4. The van der Waals surface area contributed by atoms with Gasteiger partial charge in [-0.1, -0.05) is 11.6 Å². The standard InChI is InChI=1S/C19H15ClFN7/c1-11-5-12(2)28(27-11)18-15(13-7-22-10-23-8-13)9-24-19(26-18)25-14-3-4-17(21)16(20)6-14/h3-10H,1-2H3,(H,24,25,26). The van der Waals surface area contributed by atoms with E-state index in [4.69, 9.17) is 11.6 Å². The first kappa shape index (κ1) is 18.0. The van der Waals surface area contributed by atoms with Crippen LogP contribution < -0.4 is 5.32 Å². The number of aryl methyl sites for hydroxylation is 2. The molecule has 0 radical (unpaired) electrons. The second kappa shape index (κ2) is 7.32. The molecule has 1 aromatic carbocycles. The van der Waals surface area contributed by atoms with Crippen LogP contribution in [0.25, 0.3) is 16.9 Å². The zero-order valence-electron chi connectivity index (χ0n) is 15.1. The van der Waals surface area contributed by atoms with Gasteiger partial charge in [0.05, 0.1) is 10.7 Å². The molecule has 0 spiro atoms. The molecular weight excluding hydrogens is 381 g/mol. The Bertz CT molecular complexity index is 1140.